The number of hydrogen-bond donors (Lipinski definition) is 2. The predicted octanol–water partition coefficient (Wildman–Crippen LogP) is 4.64. The number of benzene rings is 4. The molecule has 5 atom stereocenters. The minimum atomic E-state index is -2.66. The molecular weight excluding hydrogens is 755 g/mol. The number of hydrogen-bond acceptors (Lipinski definition) is 9. The standard InChI is InChI=1S/C44H49N5O8Si/c1-28-42(58(3,4)36-15-13-35(56-2)14-16-36)39(23-40(51)47-26-31-10-6-5-9-30(31)21-34(47)27-50)57-44(28)37-22-33(49(54)55)12-17-38(37)48(43(44)53)25-29-8-7-11-32(20-29)46-19-18-45-24-41(46)52/h5-17,20,22,28,34,39,42,45,50H,18-19,21,23-27H2,1-4H3/t28-,34+,39+,42-,44+/m1/s1. The van der Waals surface area contributed by atoms with Crippen LogP contribution in [0.5, 0.6) is 5.75 Å². The molecule has 2 saturated heterocycles. The van der Waals surface area contributed by atoms with E-state index in [-0.39, 0.29) is 55.1 Å². The molecule has 0 aromatic heterocycles. The van der Waals surface area contributed by atoms with E-state index >= 15 is 4.79 Å². The summed E-state index contributed by atoms with van der Waals surface area (Å²) >= 11 is 0. The number of non-ortho nitro benzene ring substituents is 1. The highest BCUT2D eigenvalue weighted by Crippen LogP contribution is 2.60. The van der Waals surface area contributed by atoms with E-state index in [0.717, 1.165) is 27.6 Å². The van der Waals surface area contributed by atoms with Crippen LogP contribution in [0.3, 0.4) is 0 Å². The van der Waals surface area contributed by atoms with Crippen molar-refractivity contribution >= 4 is 48.0 Å². The number of carbonyl (C=O) groups excluding carboxylic acids is 3. The maximum absolute atomic E-state index is 15.4. The van der Waals surface area contributed by atoms with Crippen LogP contribution >= 0.6 is 0 Å². The molecule has 4 aromatic rings. The van der Waals surface area contributed by atoms with Crippen LogP contribution in [0.25, 0.3) is 0 Å². The molecule has 4 aliphatic heterocycles. The van der Waals surface area contributed by atoms with Crippen LogP contribution in [0.2, 0.25) is 18.6 Å². The summed E-state index contributed by atoms with van der Waals surface area (Å²) in [6.45, 7) is 8.13. The SMILES string of the molecule is COc1ccc([Si](C)(C)[C@H]2[C@H](CC(=O)N3Cc4ccccc4C[C@H]3CO)O[C@@]3(C(=O)N(Cc4cccc(N5CCNCC5=O)c4)c4ccc([N+](=O)[O-])cc43)[C@@H]2C)cc1. The van der Waals surface area contributed by atoms with Gasteiger partial charge in [-0.05, 0) is 59.0 Å². The number of nitro groups is 1. The lowest BCUT2D eigenvalue weighted by Gasteiger charge is -2.39. The second kappa shape index (κ2) is 15.4. The van der Waals surface area contributed by atoms with E-state index in [0.29, 0.717) is 43.1 Å². The van der Waals surface area contributed by atoms with E-state index < -0.39 is 36.7 Å². The molecule has 1 spiro atoms. The zero-order chi connectivity index (χ0) is 40.9. The molecule has 13 nitrogen and oxygen atoms in total. The molecule has 0 saturated carbocycles. The fraction of sp³-hybridized carbons (Fsp3) is 0.386. The van der Waals surface area contributed by atoms with E-state index in [1.807, 2.05) is 79.7 Å². The Morgan fingerprint density at radius 2 is 1.79 bits per heavy atom. The Labute approximate surface area is 338 Å². The second-order valence-corrected chi connectivity index (χ2v) is 21.1. The second-order valence-electron chi connectivity index (χ2n) is 16.4. The Balaban J connectivity index is 1.20. The average Bonchev–Trinajstić information content (AvgIpc) is 3.65. The van der Waals surface area contributed by atoms with Gasteiger partial charge in [0.15, 0.2) is 5.60 Å². The number of amides is 3. The Hall–Kier alpha value is -5.41. The summed E-state index contributed by atoms with van der Waals surface area (Å²) in [4.78, 5) is 59.8. The van der Waals surface area contributed by atoms with Crippen LogP contribution in [0.15, 0.2) is 91.0 Å². The summed E-state index contributed by atoms with van der Waals surface area (Å²) in [5.74, 6) is -0.374. The van der Waals surface area contributed by atoms with E-state index in [4.69, 9.17) is 9.47 Å². The number of methoxy groups -OCH3 is 1. The van der Waals surface area contributed by atoms with Gasteiger partial charge in [-0.15, -0.1) is 0 Å². The number of anilines is 2. The van der Waals surface area contributed by atoms with E-state index in [2.05, 4.69) is 18.4 Å². The number of piperazine rings is 1. The van der Waals surface area contributed by atoms with Gasteiger partial charge in [0.1, 0.15) is 5.75 Å². The quantitative estimate of drug-likeness (QED) is 0.133. The van der Waals surface area contributed by atoms with Gasteiger partial charge in [0.25, 0.3) is 11.6 Å². The molecule has 0 bridgehead atoms. The van der Waals surface area contributed by atoms with E-state index in [1.165, 1.54) is 12.1 Å². The van der Waals surface area contributed by atoms with Crippen LogP contribution in [-0.4, -0.2) is 86.2 Å². The largest absolute Gasteiger partial charge is 0.497 e. The van der Waals surface area contributed by atoms with E-state index in [9.17, 15) is 24.8 Å². The molecule has 4 heterocycles. The lowest BCUT2D eigenvalue weighted by molar-refractivity contribution is -0.385. The average molecular weight is 804 g/mol. The van der Waals surface area contributed by atoms with Crippen LogP contribution < -0.4 is 25.0 Å². The number of nitrogens with one attached hydrogen (secondary N) is 1. The zero-order valence-corrected chi connectivity index (χ0v) is 34.2. The van der Waals surface area contributed by atoms with Gasteiger partial charge in [0.05, 0.1) is 64.1 Å². The first kappa shape index (κ1) is 39.4. The molecular formula is C44H49N5O8Si. The fourth-order valence-electron chi connectivity index (χ4n) is 9.99. The minimum absolute atomic E-state index is 0.0414. The van der Waals surface area contributed by atoms with Crippen molar-refractivity contribution in [2.24, 2.45) is 5.92 Å². The molecule has 4 aromatic carbocycles. The number of carbonyl (C=O) groups is 3. The topological polar surface area (TPSA) is 155 Å². The van der Waals surface area contributed by atoms with Crippen molar-refractivity contribution in [3.63, 3.8) is 0 Å². The van der Waals surface area contributed by atoms with Crippen LogP contribution in [0.1, 0.15) is 35.6 Å². The Bertz CT molecular complexity index is 2270. The van der Waals surface area contributed by atoms with Gasteiger partial charge < -0.3 is 34.6 Å². The van der Waals surface area contributed by atoms with Gasteiger partial charge in [-0.25, -0.2) is 0 Å². The summed E-state index contributed by atoms with van der Waals surface area (Å²) in [6, 6.07) is 27.5. The molecule has 58 heavy (non-hydrogen) atoms. The summed E-state index contributed by atoms with van der Waals surface area (Å²) in [7, 11) is -1.05. The summed E-state index contributed by atoms with van der Waals surface area (Å²) in [6.07, 6.45) is -0.255. The lowest BCUT2D eigenvalue weighted by atomic mass is 9.82. The van der Waals surface area contributed by atoms with Crippen molar-refractivity contribution < 1.29 is 33.9 Å². The van der Waals surface area contributed by atoms with Gasteiger partial charge in [-0.2, -0.15) is 0 Å². The number of ether oxygens (including phenoxy) is 2. The minimum Gasteiger partial charge on any atom is -0.497 e. The summed E-state index contributed by atoms with van der Waals surface area (Å²) in [5, 5.41) is 27.0. The Kier molecular flexibility index (Phi) is 10.5. The number of nitrogens with zero attached hydrogens (tertiary/aromatic N) is 4. The molecule has 2 N–H and O–H groups in total. The van der Waals surface area contributed by atoms with E-state index in [1.54, 1.807) is 27.9 Å². The predicted molar refractivity (Wildman–Crippen MR) is 222 cm³/mol. The molecule has 302 valence electrons. The highest BCUT2D eigenvalue weighted by Gasteiger charge is 2.67. The monoisotopic (exact) mass is 803 g/mol. The third-order valence-electron chi connectivity index (χ3n) is 12.9. The van der Waals surface area contributed by atoms with Gasteiger partial charge in [0, 0.05) is 48.9 Å². The van der Waals surface area contributed by atoms with Crippen molar-refractivity contribution in [3.8, 4) is 5.75 Å². The smallest absolute Gasteiger partial charge is 0.269 e. The number of aliphatic hydroxyl groups excluding tert-OH is 1. The molecule has 14 heteroatoms. The fourth-order valence-corrected chi connectivity index (χ4v) is 14.0. The van der Waals surface area contributed by atoms with Gasteiger partial charge in [-0.3, -0.25) is 24.5 Å². The van der Waals surface area contributed by atoms with Crippen LogP contribution in [0, 0.1) is 16.0 Å². The molecule has 0 radical (unpaired) electrons. The lowest BCUT2D eigenvalue weighted by Crippen LogP contribution is -2.52. The zero-order valence-electron chi connectivity index (χ0n) is 33.2. The Morgan fingerprint density at radius 1 is 1.03 bits per heavy atom. The highest BCUT2D eigenvalue weighted by atomic mass is 28.3. The first-order chi connectivity index (χ1) is 27.9. The highest BCUT2D eigenvalue weighted by molar-refractivity contribution is 6.91. The molecule has 0 unspecified atom stereocenters. The normalized spacial score (nSPS) is 24.3. The van der Waals surface area contributed by atoms with Crippen LogP contribution in [0.4, 0.5) is 17.1 Å². The third kappa shape index (κ3) is 6.67. The number of nitro benzene ring substituents is 1. The maximum atomic E-state index is 15.4. The molecule has 0 aliphatic carbocycles. The van der Waals surface area contributed by atoms with Crippen molar-refractivity contribution in [2.75, 3.05) is 43.2 Å². The van der Waals surface area contributed by atoms with Gasteiger partial charge in [0.2, 0.25) is 11.8 Å². The molecule has 3 amide bonds. The summed E-state index contributed by atoms with van der Waals surface area (Å²) in [5.41, 5.74) is 2.45. The van der Waals surface area contributed by atoms with Gasteiger partial charge in [-0.1, -0.05) is 73.7 Å². The number of rotatable bonds is 10. The number of aliphatic hydroxyl groups is 1. The van der Waals surface area contributed by atoms with Crippen molar-refractivity contribution in [2.45, 2.75) is 69.2 Å². The molecule has 8 rings (SSSR count). The Morgan fingerprint density at radius 3 is 2.50 bits per heavy atom. The molecule has 4 aliphatic rings. The van der Waals surface area contributed by atoms with Crippen molar-refractivity contribution in [3.05, 3.63) is 123 Å². The molecule has 2 fully saturated rings. The maximum Gasteiger partial charge on any atom is 0.269 e. The number of fused-ring (bicyclic) bond motifs is 3. The third-order valence-corrected chi connectivity index (χ3v) is 17.3. The van der Waals surface area contributed by atoms with Crippen molar-refractivity contribution in [1.29, 1.82) is 0 Å². The summed E-state index contributed by atoms with van der Waals surface area (Å²) < 4.78 is 12.7. The first-order valence-electron chi connectivity index (χ1n) is 19.9. The van der Waals surface area contributed by atoms with Crippen LogP contribution in [-0.2, 0) is 44.2 Å². The van der Waals surface area contributed by atoms with Crippen molar-refractivity contribution in [1.82, 2.24) is 10.2 Å². The van der Waals surface area contributed by atoms with Gasteiger partial charge >= 0.3 is 0 Å². The first-order valence-corrected chi connectivity index (χ1v) is 23.0.